The Hall–Kier alpha value is -1.72. The van der Waals surface area contributed by atoms with E-state index in [1.54, 1.807) is 4.68 Å². The first-order valence-corrected chi connectivity index (χ1v) is 7.17. The lowest BCUT2D eigenvalue weighted by atomic mass is 9.78. The van der Waals surface area contributed by atoms with Crippen LogP contribution in [0.25, 0.3) is 0 Å². The van der Waals surface area contributed by atoms with Gasteiger partial charge >= 0.3 is 0 Å². The molecule has 1 heterocycles. The molecule has 0 spiro atoms. The quantitative estimate of drug-likeness (QED) is 0.650. The third-order valence-electron chi connectivity index (χ3n) is 4.19. The average molecular weight is 271 g/mol. The molecule has 5 heteroatoms. The first kappa shape index (κ1) is 13.3. The lowest BCUT2D eigenvalue weighted by molar-refractivity contribution is 0.392. The zero-order chi connectivity index (χ0) is 13.9. The van der Waals surface area contributed by atoms with E-state index in [4.69, 9.17) is 5.84 Å². The standard InChI is InChI=1S/C15H21N5/c1-20-10-12(18-19-20)9-15(17-16)14-8-4-6-11-5-2-3-7-13(11)14/h2-3,5,7,10,14-15,17H,4,6,8-9,16H2,1H3. The van der Waals surface area contributed by atoms with Crippen LogP contribution in [0.15, 0.2) is 30.5 Å². The number of rotatable bonds is 4. The molecule has 0 saturated carbocycles. The molecule has 1 aliphatic carbocycles. The Balaban J connectivity index is 1.83. The second-order valence-electron chi connectivity index (χ2n) is 5.56. The van der Waals surface area contributed by atoms with E-state index in [0.717, 1.165) is 12.1 Å². The van der Waals surface area contributed by atoms with Crippen LogP contribution in [-0.2, 0) is 19.9 Å². The van der Waals surface area contributed by atoms with Crippen molar-refractivity contribution in [3.63, 3.8) is 0 Å². The van der Waals surface area contributed by atoms with E-state index in [1.165, 1.54) is 30.4 Å². The number of hydrogen-bond donors (Lipinski definition) is 2. The fourth-order valence-electron chi connectivity index (χ4n) is 3.24. The summed E-state index contributed by atoms with van der Waals surface area (Å²) in [6, 6.07) is 8.91. The number of nitrogens with two attached hydrogens (primary N) is 1. The molecule has 2 unspecified atom stereocenters. The Bertz CT molecular complexity index is 577. The number of aromatic nitrogens is 3. The van der Waals surface area contributed by atoms with Crippen molar-refractivity contribution in [1.82, 2.24) is 20.4 Å². The molecule has 0 saturated heterocycles. The second-order valence-corrected chi connectivity index (χ2v) is 5.56. The number of hydrazine groups is 1. The first-order chi connectivity index (χ1) is 9.78. The van der Waals surface area contributed by atoms with Crippen LogP contribution in [0.5, 0.6) is 0 Å². The molecule has 3 rings (SSSR count). The molecule has 0 amide bonds. The van der Waals surface area contributed by atoms with E-state index in [2.05, 4.69) is 40.0 Å². The van der Waals surface area contributed by atoms with Gasteiger partial charge in [0.1, 0.15) is 0 Å². The summed E-state index contributed by atoms with van der Waals surface area (Å²) in [5, 5.41) is 8.16. The minimum atomic E-state index is 0.202. The van der Waals surface area contributed by atoms with Crippen molar-refractivity contribution >= 4 is 0 Å². The monoisotopic (exact) mass is 271 g/mol. The fourth-order valence-corrected chi connectivity index (χ4v) is 3.24. The summed E-state index contributed by atoms with van der Waals surface area (Å²) >= 11 is 0. The number of aryl methyl sites for hydroxylation is 2. The third kappa shape index (κ3) is 2.59. The van der Waals surface area contributed by atoms with Gasteiger partial charge in [-0.3, -0.25) is 16.0 Å². The summed E-state index contributed by atoms with van der Waals surface area (Å²) in [4.78, 5) is 0. The van der Waals surface area contributed by atoms with Gasteiger partial charge in [-0.15, -0.1) is 5.10 Å². The molecule has 0 aliphatic heterocycles. The minimum Gasteiger partial charge on any atom is -0.271 e. The highest BCUT2D eigenvalue weighted by atomic mass is 15.4. The largest absolute Gasteiger partial charge is 0.271 e. The Morgan fingerprint density at radius 3 is 3.05 bits per heavy atom. The van der Waals surface area contributed by atoms with Gasteiger partial charge in [-0.1, -0.05) is 29.5 Å². The lowest BCUT2D eigenvalue weighted by Gasteiger charge is -2.31. The predicted molar refractivity (Wildman–Crippen MR) is 77.9 cm³/mol. The molecule has 1 aliphatic rings. The van der Waals surface area contributed by atoms with Crippen LogP contribution in [-0.4, -0.2) is 21.0 Å². The number of nitrogens with one attached hydrogen (secondary N) is 1. The molecule has 1 aromatic heterocycles. The number of hydrogen-bond acceptors (Lipinski definition) is 4. The lowest BCUT2D eigenvalue weighted by Crippen LogP contribution is -2.42. The molecule has 1 aromatic carbocycles. The molecule has 0 radical (unpaired) electrons. The zero-order valence-corrected chi connectivity index (χ0v) is 11.8. The number of benzene rings is 1. The molecule has 5 nitrogen and oxygen atoms in total. The SMILES string of the molecule is Cn1cc(CC(NN)C2CCCc3ccccc32)nn1. The van der Waals surface area contributed by atoms with Crippen LogP contribution in [0, 0.1) is 0 Å². The Labute approximate surface area is 119 Å². The fraction of sp³-hybridized carbons (Fsp3) is 0.467. The van der Waals surface area contributed by atoms with E-state index in [9.17, 15) is 0 Å². The highest BCUT2D eigenvalue weighted by Gasteiger charge is 2.27. The molecule has 106 valence electrons. The van der Waals surface area contributed by atoms with Crippen LogP contribution >= 0.6 is 0 Å². The van der Waals surface area contributed by atoms with Crippen molar-refractivity contribution in [2.45, 2.75) is 37.6 Å². The topological polar surface area (TPSA) is 68.8 Å². The van der Waals surface area contributed by atoms with Crippen LogP contribution in [0.1, 0.15) is 35.6 Å². The number of nitrogens with zero attached hydrogens (tertiary/aromatic N) is 3. The van der Waals surface area contributed by atoms with Gasteiger partial charge in [0.15, 0.2) is 0 Å². The normalized spacial score (nSPS) is 19.6. The summed E-state index contributed by atoms with van der Waals surface area (Å²) in [5.41, 5.74) is 6.88. The van der Waals surface area contributed by atoms with Crippen molar-refractivity contribution in [3.8, 4) is 0 Å². The van der Waals surface area contributed by atoms with Crippen molar-refractivity contribution in [2.75, 3.05) is 0 Å². The van der Waals surface area contributed by atoms with Gasteiger partial charge < -0.3 is 0 Å². The summed E-state index contributed by atoms with van der Waals surface area (Å²) in [6.07, 6.45) is 6.34. The zero-order valence-electron chi connectivity index (χ0n) is 11.8. The molecule has 0 fully saturated rings. The van der Waals surface area contributed by atoms with Crippen molar-refractivity contribution < 1.29 is 0 Å². The smallest absolute Gasteiger partial charge is 0.0843 e. The van der Waals surface area contributed by atoms with Gasteiger partial charge in [0, 0.05) is 31.6 Å². The van der Waals surface area contributed by atoms with Gasteiger partial charge in [0.05, 0.1) is 5.69 Å². The van der Waals surface area contributed by atoms with E-state index < -0.39 is 0 Å². The van der Waals surface area contributed by atoms with Gasteiger partial charge in [-0.2, -0.15) is 0 Å². The molecule has 20 heavy (non-hydrogen) atoms. The second kappa shape index (κ2) is 5.73. The summed E-state index contributed by atoms with van der Waals surface area (Å²) in [5.74, 6) is 6.26. The predicted octanol–water partition coefficient (Wildman–Crippen LogP) is 1.31. The van der Waals surface area contributed by atoms with E-state index in [1.807, 2.05) is 13.2 Å². The molecule has 2 aromatic rings. The maximum atomic E-state index is 5.81. The molecular formula is C15H21N5. The highest BCUT2D eigenvalue weighted by molar-refractivity contribution is 5.34. The van der Waals surface area contributed by atoms with Gasteiger partial charge in [-0.25, -0.2) is 0 Å². The van der Waals surface area contributed by atoms with Crippen molar-refractivity contribution in [2.24, 2.45) is 12.9 Å². The van der Waals surface area contributed by atoms with Gasteiger partial charge in [-0.05, 0) is 30.4 Å². The molecule has 0 bridgehead atoms. The summed E-state index contributed by atoms with van der Waals surface area (Å²) < 4.78 is 1.73. The Morgan fingerprint density at radius 1 is 1.45 bits per heavy atom. The molecule has 2 atom stereocenters. The van der Waals surface area contributed by atoms with Gasteiger partial charge in [0.25, 0.3) is 0 Å². The average Bonchev–Trinajstić information content (AvgIpc) is 2.89. The first-order valence-electron chi connectivity index (χ1n) is 7.17. The number of fused-ring (bicyclic) bond motifs is 1. The Morgan fingerprint density at radius 2 is 2.30 bits per heavy atom. The summed E-state index contributed by atoms with van der Waals surface area (Å²) in [6.45, 7) is 0. The van der Waals surface area contributed by atoms with Crippen molar-refractivity contribution in [1.29, 1.82) is 0 Å². The van der Waals surface area contributed by atoms with Gasteiger partial charge in [0.2, 0.25) is 0 Å². The van der Waals surface area contributed by atoms with Crippen LogP contribution in [0.3, 0.4) is 0 Å². The van der Waals surface area contributed by atoms with Crippen LogP contribution in [0.2, 0.25) is 0 Å². The third-order valence-corrected chi connectivity index (χ3v) is 4.19. The maximum Gasteiger partial charge on any atom is 0.0843 e. The molecule has 3 N–H and O–H groups in total. The van der Waals surface area contributed by atoms with Crippen LogP contribution in [0.4, 0.5) is 0 Å². The minimum absolute atomic E-state index is 0.202. The molecular weight excluding hydrogens is 250 g/mol. The van der Waals surface area contributed by atoms with Crippen LogP contribution < -0.4 is 11.3 Å². The van der Waals surface area contributed by atoms with E-state index >= 15 is 0 Å². The maximum absolute atomic E-state index is 5.81. The van der Waals surface area contributed by atoms with Crippen molar-refractivity contribution in [3.05, 3.63) is 47.3 Å². The Kier molecular flexibility index (Phi) is 3.80. The highest BCUT2D eigenvalue weighted by Crippen LogP contribution is 2.34. The summed E-state index contributed by atoms with van der Waals surface area (Å²) in [7, 11) is 1.89. The van der Waals surface area contributed by atoms with E-state index in [-0.39, 0.29) is 6.04 Å². The van der Waals surface area contributed by atoms with E-state index in [0.29, 0.717) is 5.92 Å².